The lowest BCUT2D eigenvalue weighted by Crippen LogP contribution is -2.61. The number of aromatic hydroxyl groups is 1. The average Bonchev–Trinajstić information content (AvgIpc) is 1.61. The fraction of sp³-hybridized carbons (Fsp3) is 0.571. The molecule has 6 rings (SSSR count). The second-order valence-electron chi connectivity index (χ2n) is 28.0. The lowest BCUT2D eigenvalue weighted by molar-refractivity contribution is -0.142. The van der Waals surface area contributed by atoms with E-state index >= 15 is 9.59 Å². The third kappa shape index (κ3) is 27.7. The van der Waals surface area contributed by atoms with Gasteiger partial charge in [-0.2, -0.15) is 12.6 Å². The molecule has 2 aliphatic rings. The first-order chi connectivity index (χ1) is 49.3. The lowest BCUT2D eigenvalue weighted by atomic mass is 10.00. The number of ether oxygens (including phenoxy) is 1. The van der Waals surface area contributed by atoms with Crippen LogP contribution in [-0.4, -0.2) is 211 Å². The third-order valence-corrected chi connectivity index (χ3v) is 17.9. The molecule has 2 saturated heterocycles. The molecule has 12 amide bonds. The Morgan fingerprint density at radius 3 is 1.96 bits per heavy atom. The number of hydrogen-bond acceptors (Lipinski definition) is 18. The number of aliphatic hydroxyl groups is 1. The number of hydrogen-bond donors (Lipinski definition) is 18. The number of primary amides is 1. The summed E-state index contributed by atoms with van der Waals surface area (Å²) in [7, 11) is 0. The van der Waals surface area contributed by atoms with Crippen molar-refractivity contribution in [1.29, 1.82) is 0 Å². The Labute approximate surface area is 609 Å². The predicted octanol–water partition coefficient (Wildman–Crippen LogP) is -1.06. The summed E-state index contributed by atoms with van der Waals surface area (Å²) in [5.74, 6) is -9.49. The van der Waals surface area contributed by atoms with Gasteiger partial charge in [-0.05, 0) is 120 Å². The standard InChI is InChI=1S/C70H104N18O15S/c1-40(2)31-50(61(96)82-49(16-11-28-76-68(72)73)67(102)88-29-12-17-55(88)66(101)78-37-56(71)91)83-59(94)47(15-9-10-27-75-57(92)24-25-69(3,4)103-30-26-70(5,6)104)81-62(97)51(32-41-18-20-44(90)21-19-41)84-65(100)54(38-89)87-63(98)52(33-42-35-77-46-14-8-7-13-45(42)46)85-64(99)53(34-43-36-74-39-79-43)86-60(95)48-22-23-58(93)80-48/h7-8,13-14,18-21,35-36,39-40,47-55,77,89-90,104H,9-12,15-17,22-34,37-38H2,1-6H3,(H2,71,91)(H,74,79)(H,75,92)(H,78,101)(H,80,93)(H,81,97)(H,82,96)(H,83,94)(H,84,100)(H,85,99)(H,86,95)(H,87,98)(H4,72,73,76)/t47-,48+,49+,50?,51?,52?,53+,54+,55?/m1/s1. The first kappa shape index (κ1) is 83.1. The zero-order valence-corrected chi connectivity index (χ0v) is 60.8. The van der Waals surface area contributed by atoms with Gasteiger partial charge < -0.3 is 100 Å². The molecular weight excluding hydrogens is 1360 g/mol. The number of fused-ring (bicyclic) bond motifs is 1. The number of phenols is 1. The number of aliphatic imine (C=N–C) groups is 1. The zero-order valence-electron chi connectivity index (χ0n) is 59.9. The van der Waals surface area contributed by atoms with E-state index in [1.54, 1.807) is 44.3 Å². The minimum atomic E-state index is -1.82. The summed E-state index contributed by atoms with van der Waals surface area (Å²) in [6.07, 6.45) is 6.48. The van der Waals surface area contributed by atoms with Crippen LogP contribution in [0.2, 0.25) is 0 Å². The molecule has 20 N–H and O–H groups in total. The largest absolute Gasteiger partial charge is 0.508 e. The molecule has 0 radical (unpaired) electrons. The SMILES string of the molecule is CC(C)CC(NC(=O)[C@@H](CCCCNC(=O)CCC(C)(C)OCCC(C)(C)S)NC(=O)C(Cc1ccc(O)cc1)NC(=O)[C@H](CO)NC(=O)C(Cc1c[nH]c2ccccc12)NC(=O)[C@H](Cc1cnc[nH]1)NC(=O)[C@@H]1CCC(=O)N1)C(=O)N[C@@H](CCCN=C(N)N)C(=O)N1CCCC1C(=O)NCC(N)=O. The molecule has 2 fully saturated rings. The van der Waals surface area contributed by atoms with Gasteiger partial charge >= 0.3 is 0 Å². The van der Waals surface area contributed by atoms with Crippen molar-refractivity contribution in [2.75, 3.05) is 39.4 Å². The van der Waals surface area contributed by atoms with Crippen molar-refractivity contribution in [3.63, 3.8) is 0 Å². The van der Waals surface area contributed by atoms with Gasteiger partial charge in [0.2, 0.25) is 70.9 Å². The minimum Gasteiger partial charge on any atom is -0.508 e. The third-order valence-electron chi connectivity index (χ3n) is 17.7. The van der Waals surface area contributed by atoms with Crippen LogP contribution in [0.15, 0.2) is 72.2 Å². The van der Waals surface area contributed by atoms with E-state index in [4.69, 9.17) is 21.9 Å². The Morgan fingerprint density at radius 1 is 0.712 bits per heavy atom. The number of thiol groups is 1. The van der Waals surface area contributed by atoms with E-state index in [0.29, 0.717) is 53.6 Å². The van der Waals surface area contributed by atoms with Crippen LogP contribution in [0.3, 0.4) is 0 Å². The van der Waals surface area contributed by atoms with Crippen LogP contribution in [0.4, 0.5) is 0 Å². The van der Waals surface area contributed by atoms with Gasteiger partial charge in [0.25, 0.3) is 0 Å². The Balaban J connectivity index is 1.27. The summed E-state index contributed by atoms with van der Waals surface area (Å²) in [5.41, 5.74) is 17.9. The van der Waals surface area contributed by atoms with Crippen molar-refractivity contribution in [2.24, 2.45) is 28.1 Å². The van der Waals surface area contributed by atoms with Crippen molar-refractivity contribution < 1.29 is 72.5 Å². The number of H-pyrrole nitrogens is 2. The quantitative estimate of drug-likeness (QED) is 0.0109. The summed E-state index contributed by atoms with van der Waals surface area (Å²) in [5, 5.41) is 48.7. The lowest BCUT2D eigenvalue weighted by Gasteiger charge is -2.30. The van der Waals surface area contributed by atoms with Gasteiger partial charge in [-0.25, -0.2) is 4.98 Å². The van der Waals surface area contributed by atoms with E-state index in [2.05, 4.69) is 85.7 Å². The number of guanidine groups is 1. The van der Waals surface area contributed by atoms with E-state index in [9.17, 15) is 58.2 Å². The predicted molar refractivity (Wildman–Crippen MR) is 388 cm³/mol. The number of nitrogens with one attached hydrogen (secondary N) is 12. The molecule has 0 aliphatic carbocycles. The van der Waals surface area contributed by atoms with E-state index < -0.39 is 132 Å². The van der Waals surface area contributed by atoms with Crippen molar-refractivity contribution in [3.05, 3.63) is 84.1 Å². The molecule has 4 unspecified atom stereocenters. The second kappa shape index (κ2) is 40.3. The molecule has 2 aromatic carbocycles. The number of imidazole rings is 1. The van der Waals surface area contributed by atoms with E-state index in [1.807, 2.05) is 27.7 Å². The van der Waals surface area contributed by atoms with Gasteiger partial charge in [-0.1, -0.05) is 58.0 Å². The summed E-state index contributed by atoms with van der Waals surface area (Å²) in [6.45, 7) is 10.6. The van der Waals surface area contributed by atoms with E-state index in [-0.39, 0.29) is 137 Å². The highest BCUT2D eigenvalue weighted by Gasteiger charge is 2.40. The maximum atomic E-state index is 15.1. The molecule has 34 heteroatoms. The Hall–Kier alpha value is -9.83. The smallest absolute Gasteiger partial charge is 0.245 e. The molecule has 9 atom stereocenters. The number of rotatable bonds is 43. The van der Waals surface area contributed by atoms with Gasteiger partial charge in [0.1, 0.15) is 60.1 Å². The number of likely N-dealkylation sites (tertiary alicyclic amines) is 1. The number of carbonyl (C=O) groups excluding carboxylic acids is 12. The van der Waals surface area contributed by atoms with Crippen LogP contribution >= 0.6 is 12.6 Å². The number of unbranched alkanes of at least 4 members (excludes halogenated alkanes) is 1. The number of aromatic nitrogens is 3. The highest BCUT2D eigenvalue weighted by molar-refractivity contribution is 7.81. The number of nitrogens with two attached hydrogens (primary N) is 3. The molecule has 0 spiro atoms. The Kier molecular flexibility index (Phi) is 32.2. The summed E-state index contributed by atoms with van der Waals surface area (Å²) >= 11 is 4.57. The molecule has 570 valence electrons. The minimum absolute atomic E-state index is 0.000175. The maximum Gasteiger partial charge on any atom is 0.245 e. The van der Waals surface area contributed by atoms with Crippen molar-refractivity contribution >= 4 is 100 Å². The van der Waals surface area contributed by atoms with Gasteiger partial charge in [-0.3, -0.25) is 62.5 Å². The molecule has 4 heterocycles. The van der Waals surface area contributed by atoms with Crippen molar-refractivity contribution in [3.8, 4) is 5.75 Å². The highest BCUT2D eigenvalue weighted by Crippen LogP contribution is 2.25. The molecule has 0 bridgehead atoms. The first-order valence-corrected chi connectivity index (χ1v) is 35.6. The number of nitrogens with zero attached hydrogens (tertiary/aromatic N) is 3. The normalized spacial score (nSPS) is 16.5. The van der Waals surface area contributed by atoms with Crippen molar-refractivity contribution in [1.82, 2.24) is 73.0 Å². The molecule has 104 heavy (non-hydrogen) atoms. The number of aromatic amines is 2. The maximum absolute atomic E-state index is 15.1. The van der Waals surface area contributed by atoms with Gasteiger partial charge in [0, 0.05) is 92.1 Å². The number of benzene rings is 2. The molecule has 2 aliphatic heterocycles. The van der Waals surface area contributed by atoms with Gasteiger partial charge in [0.15, 0.2) is 5.96 Å². The van der Waals surface area contributed by atoms with Crippen LogP contribution < -0.4 is 70.4 Å². The monoisotopic (exact) mass is 1470 g/mol. The van der Waals surface area contributed by atoms with Gasteiger partial charge in [-0.15, -0.1) is 0 Å². The zero-order chi connectivity index (χ0) is 76.3. The summed E-state index contributed by atoms with van der Waals surface area (Å²) in [6, 6.07) is 0.411. The van der Waals surface area contributed by atoms with Gasteiger partial charge in [0.05, 0.1) is 25.1 Å². The fourth-order valence-corrected chi connectivity index (χ4v) is 12.0. The number of phenolic OH excluding ortho intramolecular Hbond substituents is 1. The van der Waals surface area contributed by atoms with E-state index in [1.165, 1.54) is 41.7 Å². The van der Waals surface area contributed by atoms with E-state index in [0.717, 1.165) is 0 Å². The summed E-state index contributed by atoms with van der Waals surface area (Å²) < 4.78 is 5.82. The molecule has 2 aromatic heterocycles. The number of aliphatic hydroxyl groups excluding tert-OH is 1. The van der Waals surface area contributed by atoms with Crippen LogP contribution in [-0.2, 0) is 81.5 Å². The van der Waals surface area contributed by atoms with Crippen LogP contribution in [0.25, 0.3) is 10.9 Å². The highest BCUT2D eigenvalue weighted by atomic mass is 32.1. The molecule has 4 aromatic rings. The molecule has 33 nitrogen and oxygen atoms in total. The second-order valence-corrected chi connectivity index (χ2v) is 29.2. The number of carbonyl (C=O) groups is 12. The topological polar surface area (TPSA) is 513 Å². The molecule has 0 saturated carbocycles. The Morgan fingerprint density at radius 2 is 1.33 bits per heavy atom. The van der Waals surface area contributed by atoms with Crippen LogP contribution in [0.5, 0.6) is 5.75 Å². The number of amides is 12. The van der Waals surface area contributed by atoms with Crippen molar-refractivity contribution in [2.45, 2.75) is 209 Å². The van der Waals surface area contributed by atoms with Crippen LogP contribution in [0, 0.1) is 5.92 Å². The van der Waals surface area contributed by atoms with Crippen LogP contribution in [0.1, 0.15) is 142 Å². The summed E-state index contributed by atoms with van der Waals surface area (Å²) in [4.78, 5) is 182. The first-order valence-electron chi connectivity index (χ1n) is 35.2. The average molecular weight is 1470 g/mol. The molecular formula is C70H104N18O15S. The number of para-hydroxylation sites is 1. The fourth-order valence-electron chi connectivity index (χ4n) is 11.9. The Bertz CT molecular complexity index is 3610.